The predicted octanol–water partition coefficient (Wildman–Crippen LogP) is 8.53. The van der Waals surface area contributed by atoms with Crippen molar-refractivity contribution in [3.8, 4) is 0 Å². The van der Waals surface area contributed by atoms with Crippen molar-refractivity contribution in [2.24, 2.45) is 0 Å². The largest absolute Gasteiger partial charge is 0.379 e. The van der Waals surface area contributed by atoms with Gasteiger partial charge in [0, 0.05) is 6.61 Å². The van der Waals surface area contributed by atoms with Crippen LogP contribution in [0.2, 0.25) is 0 Å². The van der Waals surface area contributed by atoms with Crippen molar-refractivity contribution >= 4 is 0 Å². The van der Waals surface area contributed by atoms with Gasteiger partial charge in [-0.2, -0.15) is 0 Å². The van der Waals surface area contributed by atoms with E-state index in [2.05, 4.69) is 19.1 Å². The van der Waals surface area contributed by atoms with Gasteiger partial charge in [0.1, 0.15) is 0 Å². The van der Waals surface area contributed by atoms with E-state index in [0.717, 1.165) is 6.61 Å². The number of hydrogen-bond acceptors (Lipinski definition) is 5. The van der Waals surface area contributed by atoms with E-state index in [1.54, 1.807) is 0 Å². The number of unbranched alkanes of at least 4 members (excludes halogenated alkanes) is 15. The zero-order valence-electron chi connectivity index (χ0n) is 24.8. The van der Waals surface area contributed by atoms with Gasteiger partial charge in [-0.1, -0.05) is 134 Å². The Balaban J connectivity index is 1.62. The highest BCUT2D eigenvalue weighted by molar-refractivity contribution is 5.13. The van der Waals surface area contributed by atoms with Crippen LogP contribution in [-0.4, -0.2) is 59.5 Å². The molecule has 0 spiro atoms. The van der Waals surface area contributed by atoms with Gasteiger partial charge in [-0.05, 0) is 12.0 Å². The minimum atomic E-state index is 0.580. The van der Waals surface area contributed by atoms with E-state index in [0.29, 0.717) is 59.5 Å². The first-order chi connectivity index (χ1) is 18.9. The molecule has 0 amide bonds. The van der Waals surface area contributed by atoms with E-state index in [4.69, 9.17) is 23.7 Å². The molecular formula is C33H60O5. The third-order valence-corrected chi connectivity index (χ3v) is 6.74. The summed E-state index contributed by atoms with van der Waals surface area (Å²) in [6.45, 7) is 8.61. The topological polar surface area (TPSA) is 46.2 Å². The molecule has 0 N–H and O–H groups in total. The molecule has 1 aromatic rings. The maximum atomic E-state index is 5.68. The van der Waals surface area contributed by atoms with E-state index in [1.807, 2.05) is 18.2 Å². The smallest absolute Gasteiger partial charge is 0.0718 e. The van der Waals surface area contributed by atoms with Gasteiger partial charge in [-0.3, -0.25) is 0 Å². The van der Waals surface area contributed by atoms with Crippen molar-refractivity contribution in [3.63, 3.8) is 0 Å². The van der Waals surface area contributed by atoms with Gasteiger partial charge in [0.2, 0.25) is 0 Å². The zero-order valence-corrected chi connectivity index (χ0v) is 24.8. The Morgan fingerprint density at radius 2 is 0.711 bits per heavy atom. The minimum absolute atomic E-state index is 0.580. The van der Waals surface area contributed by atoms with Crippen LogP contribution < -0.4 is 0 Å². The number of rotatable bonds is 31. The van der Waals surface area contributed by atoms with Crippen LogP contribution in [0.4, 0.5) is 0 Å². The summed E-state index contributed by atoms with van der Waals surface area (Å²) in [7, 11) is 0. The first-order valence-electron chi connectivity index (χ1n) is 15.9. The SMILES string of the molecule is CCCCCCCCCCCCCCCCCCOCCOCCOCCOCCOCc1ccccc1. The Morgan fingerprint density at radius 1 is 0.368 bits per heavy atom. The van der Waals surface area contributed by atoms with Crippen LogP contribution >= 0.6 is 0 Å². The molecule has 0 saturated heterocycles. The maximum absolute atomic E-state index is 5.68. The molecule has 5 heteroatoms. The average molecular weight is 537 g/mol. The quantitative estimate of drug-likeness (QED) is 0.0890. The summed E-state index contributed by atoms with van der Waals surface area (Å²) in [5, 5.41) is 0. The fraction of sp³-hybridized carbons (Fsp3) is 0.818. The van der Waals surface area contributed by atoms with Gasteiger partial charge in [0.15, 0.2) is 0 Å². The van der Waals surface area contributed by atoms with Crippen LogP contribution in [0, 0.1) is 0 Å². The number of benzene rings is 1. The second-order valence-corrected chi connectivity index (χ2v) is 10.3. The third-order valence-electron chi connectivity index (χ3n) is 6.74. The normalized spacial score (nSPS) is 11.4. The molecule has 0 unspecified atom stereocenters. The molecule has 0 fully saturated rings. The van der Waals surface area contributed by atoms with Crippen molar-refractivity contribution in [3.05, 3.63) is 35.9 Å². The average Bonchev–Trinajstić information content (AvgIpc) is 2.94. The highest BCUT2D eigenvalue weighted by atomic mass is 16.6. The molecule has 0 saturated carbocycles. The second kappa shape index (κ2) is 30.6. The van der Waals surface area contributed by atoms with E-state index in [1.165, 1.54) is 108 Å². The van der Waals surface area contributed by atoms with Crippen molar-refractivity contribution < 1.29 is 23.7 Å². The zero-order chi connectivity index (χ0) is 27.0. The molecule has 0 aromatic heterocycles. The fourth-order valence-electron chi connectivity index (χ4n) is 4.40. The summed E-state index contributed by atoms with van der Waals surface area (Å²) in [5.74, 6) is 0. The Hall–Kier alpha value is -0.980. The van der Waals surface area contributed by atoms with E-state index in [-0.39, 0.29) is 0 Å². The van der Waals surface area contributed by atoms with Gasteiger partial charge in [-0.15, -0.1) is 0 Å². The summed E-state index contributed by atoms with van der Waals surface area (Å²) >= 11 is 0. The monoisotopic (exact) mass is 536 g/mol. The standard InChI is InChI=1S/C33H60O5/c1-2-3-4-5-6-7-8-9-10-11-12-13-14-15-16-20-23-34-24-25-35-26-27-36-28-29-37-30-31-38-32-33-21-18-17-19-22-33/h17-19,21-22H,2-16,20,23-32H2,1H3. The molecule has 38 heavy (non-hydrogen) atoms. The third kappa shape index (κ3) is 26.6. The van der Waals surface area contributed by atoms with Gasteiger partial charge < -0.3 is 23.7 Å². The highest BCUT2D eigenvalue weighted by Gasteiger charge is 1.97. The summed E-state index contributed by atoms with van der Waals surface area (Å²) in [6.07, 6.45) is 22.4. The first-order valence-corrected chi connectivity index (χ1v) is 15.9. The van der Waals surface area contributed by atoms with Crippen molar-refractivity contribution in [2.75, 3.05) is 59.5 Å². The Kier molecular flexibility index (Phi) is 28.2. The summed E-state index contributed by atoms with van der Waals surface area (Å²) in [4.78, 5) is 0. The molecule has 0 bridgehead atoms. The van der Waals surface area contributed by atoms with E-state index in [9.17, 15) is 0 Å². The molecule has 0 aliphatic rings. The fourth-order valence-corrected chi connectivity index (χ4v) is 4.40. The van der Waals surface area contributed by atoms with Crippen molar-refractivity contribution in [1.29, 1.82) is 0 Å². The molecule has 0 aliphatic carbocycles. The second-order valence-electron chi connectivity index (χ2n) is 10.3. The van der Waals surface area contributed by atoms with E-state index < -0.39 is 0 Å². The van der Waals surface area contributed by atoms with Crippen molar-refractivity contribution in [1.82, 2.24) is 0 Å². The van der Waals surface area contributed by atoms with Gasteiger partial charge in [0.25, 0.3) is 0 Å². The van der Waals surface area contributed by atoms with Crippen LogP contribution in [0.25, 0.3) is 0 Å². The van der Waals surface area contributed by atoms with Crippen molar-refractivity contribution in [2.45, 2.75) is 116 Å². The minimum Gasteiger partial charge on any atom is -0.379 e. The van der Waals surface area contributed by atoms with Crippen LogP contribution in [0.15, 0.2) is 30.3 Å². The van der Waals surface area contributed by atoms with Gasteiger partial charge >= 0.3 is 0 Å². The van der Waals surface area contributed by atoms with Gasteiger partial charge in [-0.25, -0.2) is 0 Å². The molecule has 1 aromatic carbocycles. The predicted molar refractivity (Wildman–Crippen MR) is 159 cm³/mol. The van der Waals surface area contributed by atoms with E-state index >= 15 is 0 Å². The summed E-state index contributed by atoms with van der Waals surface area (Å²) in [5.41, 5.74) is 1.18. The lowest BCUT2D eigenvalue weighted by Gasteiger charge is -2.08. The molecule has 0 aliphatic heterocycles. The lowest BCUT2D eigenvalue weighted by Crippen LogP contribution is -2.13. The molecule has 1 rings (SSSR count). The molecule has 0 radical (unpaired) electrons. The Bertz CT molecular complexity index is 554. The maximum Gasteiger partial charge on any atom is 0.0718 e. The number of ether oxygens (including phenoxy) is 5. The van der Waals surface area contributed by atoms with Crippen LogP contribution in [-0.2, 0) is 30.3 Å². The molecule has 0 heterocycles. The van der Waals surface area contributed by atoms with Crippen LogP contribution in [0.5, 0.6) is 0 Å². The summed E-state index contributed by atoms with van der Waals surface area (Å²) < 4.78 is 27.8. The lowest BCUT2D eigenvalue weighted by atomic mass is 10.0. The summed E-state index contributed by atoms with van der Waals surface area (Å²) in [6, 6.07) is 10.2. The number of hydrogen-bond donors (Lipinski definition) is 0. The van der Waals surface area contributed by atoms with Crippen LogP contribution in [0.1, 0.15) is 115 Å². The molecule has 222 valence electrons. The molecular weight excluding hydrogens is 476 g/mol. The molecule has 5 nitrogen and oxygen atoms in total. The first kappa shape index (κ1) is 35.0. The molecule has 0 atom stereocenters. The van der Waals surface area contributed by atoms with Gasteiger partial charge in [0.05, 0.1) is 59.5 Å². The Morgan fingerprint density at radius 3 is 1.13 bits per heavy atom. The Labute approximate surface area is 235 Å². The highest BCUT2D eigenvalue weighted by Crippen LogP contribution is 2.13. The lowest BCUT2D eigenvalue weighted by molar-refractivity contribution is -0.0126. The van der Waals surface area contributed by atoms with Crippen LogP contribution in [0.3, 0.4) is 0 Å².